The molecule has 2 aliphatic rings. The van der Waals surface area contributed by atoms with Gasteiger partial charge < -0.3 is 9.80 Å². The van der Waals surface area contributed by atoms with E-state index in [1.54, 1.807) is 0 Å². The van der Waals surface area contributed by atoms with Gasteiger partial charge in [0, 0.05) is 43.0 Å². The van der Waals surface area contributed by atoms with Crippen LogP contribution in [0.3, 0.4) is 0 Å². The summed E-state index contributed by atoms with van der Waals surface area (Å²) in [6.45, 7) is 3.34. The Kier molecular flexibility index (Phi) is 4.43. The lowest BCUT2D eigenvalue weighted by Crippen LogP contribution is -2.36. The van der Waals surface area contributed by atoms with E-state index in [1.807, 2.05) is 48.5 Å². The van der Waals surface area contributed by atoms with E-state index >= 15 is 0 Å². The fourth-order valence-electron chi connectivity index (χ4n) is 3.96. The molecule has 1 saturated carbocycles. The number of hydrogen-bond donors (Lipinski definition) is 0. The van der Waals surface area contributed by atoms with Crippen molar-refractivity contribution in [3.05, 3.63) is 54.6 Å². The van der Waals surface area contributed by atoms with Gasteiger partial charge in [-0.2, -0.15) is 0 Å². The predicted molar refractivity (Wildman–Crippen MR) is 111 cm³/mol. The molecule has 5 heteroatoms. The summed E-state index contributed by atoms with van der Waals surface area (Å²) >= 11 is 0. The number of carbonyl (C=O) groups is 1. The van der Waals surface area contributed by atoms with Crippen LogP contribution >= 0.6 is 0 Å². The third-order valence-corrected chi connectivity index (χ3v) is 5.65. The standard InChI is InChI=1S/C23H24N4O/c28-23(18-11-12-18)27-14-6-13-26(15-16-27)22-19-9-4-5-10-20(19)24-21(25-22)17-7-2-1-3-8-17/h1-5,7-10,18H,6,11-16H2. The number of carbonyl (C=O) groups excluding carboxylic acids is 1. The molecule has 5 rings (SSSR count). The maximum Gasteiger partial charge on any atom is 0.225 e. The largest absolute Gasteiger partial charge is 0.354 e. The number of para-hydroxylation sites is 1. The summed E-state index contributed by atoms with van der Waals surface area (Å²) < 4.78 is 0. The summed E-state index contributed by atoms with van der Waals surface area (Å²) in [5.41, 5.74) is 1.98. The molecule has 1 aliphatic carbocycles. The van der Waals surface area contributed by atoms with E-state index in [1.165, 1.54) is 0 Å². The predicted octanol–water partition coefficient (Wildman–Crippen LogP) is 3.75. The lowest BCUT2D eigenvalue weighted by molar-refractivity contribution is -0.132. The van der Waals surface area contributed by atoms with Crippen molar-refractivity contribution < 1.29 is 4.79 Å². The third-order valence-electron chi connectivity index (χ3n) is 5.65. The zero-order chi connectivity index (χ0) is 18.9. The maximum absolute atomic E-state index is 12.5. The summed E-state index contributed by atoms with van der Waals surface area (Å²) in [4.78, 5) is 26.6. The second kappa shape index (κ2) is 7.23. The number of hydrogen-bond acceptors (Lipinski definition) is 4. The minimum Gasteiger partial charge on any atom is -0.354 e. The number of rotatable bonds is 3. The minimum atomic E-state index is 0.288. The molecule has 5 nitrogen and oxygen atoms in total. The zero-order valence-corrected chi connectivity index (χ0v) is 15.9. The van der Waals surface area contributed by atoms with Crippen LogP contribution in [0.2, 0.25) is 0 Å². The molecule has 142 valence electrons. The van der Waals surface area contributed by atoms with E-state index in [4.69, 9.17) is 9.97 Å². The number of nitrogens with zero attached hydrogens (tertiary/aromatic N) is 4. The van der Waals surface area contributed by atoms with E-state index in [9.17, 15) is 4.79 Å². The highest BCUT2D eigenvalue weighted by Crippen LogP contribution is 2.32. The van der Waals surface area contributed by atoms with Crippen molar-refractivity contribution in [2.45, 2.75) is 19.3 Å². The van der Waals surface area contributed by atoms with Gasteiger partial charge in [0.15, 0.2) is 5.82 Å². The summed E-state index contributed by atoms with van der Waals surface area (Å²) in [6, 6.07) is 18.3. The number of fused-ring (bicyclic) bond motifs is 1. The summed E-state index contributed by atoms with van der Waals surface area (Å²) in [6.07, 6.45) is 3.10. The third kappa shape index (κ3) is 3.33. The Labute approximate surface area is 165 Å². The molecule has 0 bridgehead atoms. The first-order chi connectivity index (χ1) is 13.8. The molecule has 0 spiro atoms. The Morgan fingerprint density at radius 3 is 2.46 bits per heavy atom. The first kappa shape index (κ1) is 17.2. The Balaban J connectivity index is 1.49. The molecule has 0 radical (unpaired) electrons. The van der Waals surface area contributed by atoms with Gasteiger partial charge in [-0.1, -0.05) is 42.5 Å². The number of aromatic nitrogens is 2. The average molecular weight is 372 g/mol. The van der Waals surface area contributed by atoms with E-state index in [-0.39, 0.29) is 5.92 Å². The van der Waals surface area contributed by atoms with Gasteiger partial charge in [-0.05, 0) is 31.4 Å². The van der Waals surface area contributed by atoms with Crippen LogP contribution in [0.15, 0.2) is 54.6 Å². The molecule has 2 aromatic carbocycles. The van der Waals surface area contributed by atoms with E-state index < -0.39 is 0 Å². The topological polar surface area (TPSA) is 49.3 Å². The zero-order valence-electron chi connectivity index (χ0n) is 15.9. The summed E-state index contributed by atoms with van der Waals surface area (Å²) in [5, 5.41) is 1.07. The van der Waals surface area contributed by atoms with Crippen LogP contribution in [0.1, 0.15) is 19.3 Å². The highest BCUT2D eigenvalue weighted by atomic mass is 16.2. The van der Waals surface area contributed by atoms with Crippen LogP contribution < -0.4 is 4.90 Å². The van der Waals surface area contributed by atoms with Crippen molar-refractivity contribution >= 4 is 22.6 Å². The van der Waals surface area contributed by atoms with E-state index in [0.717, 1.165) is 73.6 Å². The SMILES string of the molecule is O=C(C1CC1)N1CCCN(c2nc(-c3ccccc3)nc3ccccc23)CC1. The molecule has 2 fully saturated rings. The molecule has 1 aromatic heterocycles. The number of anilines is 1. The first-order valence-corrected chi connectivity index (χ1v) is 10.2. The van der Waals surface area contributed by atoms with Gasteiger partial charge in [-0.15, -0.1) is 0 Å². The molecule has 1 aliphatic heterocycles. The Bertz CT molecular complexity index is 1000. The maximum atomic E-state index is 12.5. The highest BCUT2D eigenvalue weighted by molar-refractivity contribution is 5.91. The minimum absolute atomic E-state index is 0.288. The van der Waals surface area contributed by atoms with E-state index in [0.29, 0.717) is 5.91 Å². The molecular weight excluding hydrogens is 348 g/mol. The van der Waals surface area contributed by atoms with Crippen LogP contribution in [0, 0.1) is 5.92 Å². The highest BCUT2D eigenvalue weighted by Gasteiger charge is 2.34. The van der Waals surface area contributed by atoms with Gasteiger partial charge in [0.2, 0.25) is 5.91 Å². The fourth-order valence-corrected chi connectivity index (χ4v) is 3.96. The Morgan fingerprint density at radius 2 is 1.64 bits per heavy atom. The Morgan fingerprint density at radius 1 is 0.857 bits per heavy atom. The molecule has 28 heavy (non-hydrogen) atoms. The van der Waals surface area contributed by atoms with Gasteiger partial charge >= 0.3 is 0 Å². The van der Waals surface area contributed by atoms with Gasteiger partial charge in [0.25, 0.3) is 0 Å². The lowest BCUT2D eigenvalue weighted by Gasteiger charge is -2.24. The molecule has 3 aromatic rings. The van der Waals surface area contributed by atoms with Gasteiger partial charge in [0.05, 0.1) is 5.52 Å². The first-order valence-electron chi connectivity index (χ1n) is 10.2. The van der Waals surface area contributed by atoms with Crippen LogP contribution in [0.4, 0.5) is 5.82 Å². The van der Waals surface area contributed by atoms with Crippen molar-refractivity contribution in [1.82, 2.24) is 14.9 Å². The molecular formula is C23H24N4O. The second-order valence-electron chi connectivity index (χ2n) is 7.69. The fraction of sp³-hybridized carbons (Fsp3) is 0.348. The van der Waals surface area contributed by atoms with Crippen molar-refractivity contribution in [2.75, 3.05) is 31.1 Å². The molecule has 1 amide bonds. The van der Waals surface area contributed by atoms with Gasteiger partial charge in [-0.25, -0.2) is 9.97 Å². The number of benzene rings is 2. The molecule has 0 unspecified atom stereocenters. The average Bonchev–Trinajstić information content (AvgIpc) is 3.60. The number of amides is 1. The lowest BCUT2D eigenvalue weighted by atomic mass is 10.1. The second-order valence-corrected chi connectivity index (χ2v) is 7.69. The normalized spacial score (nSPS) is 17.6. The van der Waals surface area contributed by atoms with Crippen LogP contribution in [0.5, 0.6) is 0 Å². The smallest absolute Gasteiger partial charge is 0.225 e. The van der Waals surface area contributed by atoms with Crippen molar-refractivity contribution in [3.8, 4) is 11.4 Å². The quantitative estimate of drug-likeness (QED) is 0.703. The molecule has 0 N–H and O–H groups in total. The van der Waals surface area contributed by atoms with Gasteiger partial charge in [-0.3, -0.25) is 4.79 Å². The molecule has 0 atom stereocenters. The van der Waals surface area contributed by atoms with Crippen LogP contribution in [-0.2, 0) is 4.79 Å². The summed E-state index contributed by atoms with van der Waals surface area (Å²) in [5.74, 6) is 2.37. The van der Waals surface area contributed by atoms with Gasteiger partial charge in [0.1, 0.15) is 5.82 Å². The molecule has 1 saturated heterocycles. The van der Waals surface area contributed by atoms with E-state index in [2.05, 4.69) is 15.9 Å². The van der Waals surface area contributed by atoms with Crippen molar-refractivity contribution in [2.24, 2.45) is 5.92 Å². The van der Waals surface area contributed by atoms with Crippen LogP contribution in [-0.4, -0.2) is 47.0 Å². The van der Waals surface area contributed by atoms with Crippen molar-refractivity contribution in [1.29, 1.82) is 0 Å². The molecule has 2 heterocycles. The van der Waals surface area contributed by atoms with Crippen LogP contribution in [0.25, 0.3) is 22.3 Å². The Hall–Kier alpha value is -2.95. The monoisotopic (exact) mass is 372 g/mol. The van der Waals surface area contributed by atoms with Crippen molar-refractivity contribution in [3.63, 3.8) is 0 Å². The summed E-state index contributed by atoms with van der Waals surface area (Å²) in [7, 11) is 0.